The van der Waals surface area contributed by atoms with Gasteiger partial charge >= 0.3 is 6.03 Å². The van der Waals surface area contributed by atoms with Crippen molar-refractivity contribution in [1.29, 1.82) is 0 Å². The van der Waals surface area contributed by atoms with E-state index in [1.165, 1.54) is 24.5 Å². The first kappa shape index (κ1) is 25.9. The molecule has 1 aromatic heterocycles. The summed E-state index contributed by atoms with van der Waals surface area (Å²) in [7, 11) is 1.65. The number of hydrogen-bond donors (Lipinski definition) is 3. The summed E-state index contributed by atoms with van der Waals surface area (Å²) in [4.78, 5) is 47.8. The Hall–Kier alpha value is -3.76. The van der Waals surface area contributed by atoms with E-state index in [-0.39, 0.29) is 41.2 Å². The third kappa shape index (κ3) is 5.84. The van der Waals surface area contributed by atoms with Crippen molar-refractivity contribution in [3.8, 4) is 0 Å². The summed E-state index contributed by atoms with van der Waals surface area (Å²) in [6.45, 7) is 7.47. The summed E-state index contributed by atoms with van der Waals surface area (Å²) in [6.07, 6.45) is 4.53. The van der Waals surface area contributed by atoms with Crippen molar-refractivity contribution < 1.29 is 18.8 Å². The van der Waals surface area contributed by atoms with Gasteiger partial charge in [-0.25, -0.2) is 24.2 Å². The maximum atomic E-state index is 14.9. The third-order valence-corrected chi connectivity index (χ3v) is 6.18. The molecule has 1 aromatic carbocycles. The molecule has 2 heterocycles. The minimum absolute atomic E-state index is 0.112. The molecule has 0 aliphatic carbocycles. The van der Waals surface area contributed by atoms with E-state index in [1.807, 2.05) is 13.8 Å². The normalized spacial score (nSPS) is 18.1. The zero-order chi connectivity index (χ0) is 25.7. The van der Waals surface area contributed by atoms with Gasteiger partial charge in [0.15, 0.2) is 0 Å². The molecule has 3 rings (SSSR count). The summed E-state index contributed by atoms with van der Waals surface area (Å²) in [5.41, 5.74) is 3.18. The van der Waals surface area contributed by atoms with E-state index in [2.05, 4.69) is 26.0 Å². The van der Waals surface area contributed by atoms with Crippen LogP contribution in [0, 0.1) is 5.82 Å². The third-order valence-electron chi connectivity index (χ3n) is 6.18. The number of hydrazine groups is 1. The SMILES string of the molecule is CCN(NC(=O)c1cnc(NC)nc1)C(=O)N[C@H](C)c1ccc(C(=O)N2[C@H](C)CC[C@@H]2C)cc1F. The molecule has 0 radical (unpaired) electrons. The summed E-state index contributed by atoms with van der Waals surface area (Å²) in [6, 6.07) is 3.21. The number of anilines is 1. The predicted octanol–water partition coefficient (Wildman–Crippen LogP) is 3.11. The Kier molecular flexibility index (Phi) is 8.21. The number of benzene rings is 1. The molecule has 0 unspecified atom stereocenters. The lowest BCUT2D eigenvalue weighted by Gasteiger charge is -2.27. The summed E-state index contributed by atoms with van der Waals surface area (Å²) in [5.74, 6) is -0.982. The molecule has 0 spiro atoms. The highest BCUT2D eigenvalue weighted by atomic mass is 19.1. The number of carbonyl (C=O) groups excluding carboxylic acids is 3. The molecule has 2 aromatic rings. The van der Waals surface area contributed by atoms with E-state index in [0.29, 0.717) is 5.95 Å². The van der Waals surface area contributed by atoms with Crippen molar-refractivity contribution in [3.05, 3.63) is 53.1 Å². The predicted molar refractivity (Wildman–Crippen MR) is 129 cm³/mol. The second-order valence-electron chi connectivity index (χ2n) is 8.63. The standard InChI is InChI=1S/C24H32FN7O3/c1-6-31(30-21(33)18-12-27-23(26-5)28-13-18)24(35)29-16(4)19-10-9-17(11-20(19)25)22(34)32-14(2)7-8-15(32)3/h9-16H,6-8H2,1-5H3,(H,29,35)(H,30,33)(H,26,27,28)/t14-,15+,16-/m1/s1. The van der Waals surface area contributed by atoms with Gasteiger partial charge in [-0.1, -0.05) is 6.07 Å². The molecule has 1 saturated heterocycles. The fourth-order valence-corrected chi connectivity index (χ4v) is 4.13. The summed E-state index contributed by atoms with van der Waals surface area (Å²) >= 11 is 0. The first-order chi connectivity index (χ1) is 16.7. The highest BCUT2D eigenvalue weighted by Crippen LogP contribution is 2.27. The maximum Gasteiger partial charge on any atom is 0.336 e. The van der Waals surface area contributed by atoms with Gasteiger partial charge in [-0.15, -0.1) is 0 Å². The molecule has 1 aliphatic heterocycles. The number of urea groups is 1. The van der Waals surface area contributed by atoms with Crippen LogP contribution in [0.5, 0.6) is 0 Å². The lowest BCUT2D eigenvalue weighted by atomic mass is 10.0. The highest BCUT2D eigenvalue weighted by Gasteiger charge is 2.32. The van der Waals surface area contributed by atoms with E-state index in [9.17, 15) is 18.8 Å². The maximum absolute atomic E-state index is 14.9. The zero-order valence-corrected chi connectivity index (χ0v) is 20.6. The first-order valence-electron chi connectivity index (χ1n) is 11.7. The van der Waals surface area contributed by atoms with E-state index in [4.69, 9.17) is 0 Å². The van der Waals surface area contributed by atoms with Crippen LogP contribution < -0.4 is 16.1 Å². The molecule has 1 fully saturated rings. The smallest absolute Gasteiger partial charge is 0.336 e. The first-order valence-corrected chi connectivity index (χ1v) is 11.7. The number of nitrogens with one attached hydrogen (secondary N) is 3. The van der Waals surface area contributed by atoms with Gasteiger partial charge in [-0.3, -0.25) is 15.0 Å². The van der Waals surface area contributed by atoms with Gasteiger partial charge < -0.3 is 15.5 Å². The van der Waals surface area contributed by atoms with Crippen LogP contribution >= 0.6 is 0 Å². The lowest BCUT2D eigenvalue weighted by Crippen LogP contribution is -2.51. The number of hydrogen-bond acceptors (Lipinski definition) is 6. The molecular formula is C24H32FN7O3. The molecule has 1 aliphatic rings. The van der Waals surface area contributed by atoms with E-state index in [0.717, 1.165) is 17.9 Å². The van der Waals surface area contributed by atoms with E-state index in [1.54, 1.807) is 31.9 Å². The Balaban J connectivity index is 1.65. The Morgan fingerprint density at radius 1 is 1.14 bits per heavy atom. The number of rotatable bonds is 6. The molecular weight excluding hydrogens is 453 g/mol. The van der Waals surface area contributed by atoms with Crippen LogP contribution in [0.1, 0.15) is 72.9 Å². The highest BCUT2D eigenvalue weighted by molar-refractivity contribution is 5.95. The van der Waals surface area contributed by atoms with Crippen molar-refractivity contribution >= 4 is 23.8 Å². The number of nitrogens with zero attached hydrogens (tertiary/aromatic N) is 4. The van der Waals surface area contributed by atoms with Crippen LogP contribution in [0.25, 0.3) is 0 Å². The second-order valence-corrected chi connectivity index (χ2v) is 8.63. The average Bonchev–Trinajstić information content (AvgIpc) is 3.19. The van der Waals surface area contributed by atoms with E-state index >= 15 is 0 Å². The fraction of sp³-hybridized carbons (Fsp3) is 0.458. The number of amides is 4. The van der Waals surface area contributed by atoms with Crippen molar-refractivity contribution in [2.45, 2.75) is 58.7 Å². The van der Waals surface area contributed by atoms with Gasteiger partial charge in [0.2, 0.25) is 5.95 Å². The van der Waals surface area contributed by atoms with Crippen molar-refractivity contribution in [3.63, 3.8) is 0 Å². The molecule has 3 N–H and O–H groups in total. The van der Waals surface area contributed by atoms with Crippen LogP contribution in [-0.2, 0) is 0 Å². The van der Waals surface area contributed by atoms with Gasteiger partial charge in [-0.2, -0.15) is 0 Å². The van der Waals surface area contributed by atoms with Crippen LogP contribution in [-0.4, -0.2) is 63.4 Å². The van der Waals surface area contributed by atoms with Gasteiger partial charge in [0.25, 0.3) is 11.8 Å². The quantitative estimate of drug-likeness (QED) is 0.541. The number of aromatic nitrogens is 2. The van der Waals surface area contributed by atoms with E-state index < -0.39 is 23.8 Å². The topological polar surface area (TPSA) is 120 Å². The molecule has 0 bridgehead atoms. The van der Waals surface area contributed by atoms with Gasteiger partial charge in [-0.05, 0) is 52.7 Å². The second kappa shape index (κ2) is 11.1. The minimum atomic E-state index is -0.708. The molecule has 10 nitrogen and oxygen atoms in total. The number of halogens is 1. The summed E-state index contributed by atoms with van der Waals surface area (Å²) < 4.78 is 14.9. The average molecular weight is 486 g/mol. The monoisotopic (exact) mass is 485 g/mol. The zero-order valence-electron chi connectivity index (χ0n) is 20.6. The molecule has 3 atom stereocenters. The molecule has 11 heteroatoms. The van der Waals surface area contributed by atoms with Crippen molar-refractivity contribution in [2.24, 2.45) is 0 Å². The van der Waals surface area contributed by atoms with Gasteiger partial charge in [0, 0.05) is 49.2 Å². The Labute approximate surface area is 204 Å². The lowest BCUT2D eigenvalue weighted by molar-refractivity contribution is 0.0692. The van der Waals surface area contributed by atoms with Crippen LogP contribution in [0.4, 0.5) is 15.1 Å². The largest absolute Gasteiger partial charge is 0.357 e. The summed E-state index contributed by atoms with van der Waals surface area (Å²) in [5, 5.41) is 6.51. The van der Waals surface area contributed by atoms with Crippen LogP contribution in [0.3, 0.4) is 0 Å². The van der Waals surface area contributed by atoms with Crippen molar-refractivity contribution in [1.82, 2.24) is 30.6 Å². The van der Waals surface area contributed by atoms with Crippen molar-refractivity contribution in [2.75, 3.05) is 18.9 Å². The molecule has 0 saturated carbocycles. The molecule has 4 amide bonds. The fourth-order valence-electron chi connectivity index (χ4n) is 4.13. The Bertz CT molecular complexity index is 1070. The molecule has 188 valence electrons. The van der Waals surface area contributed by atoms with Gasteiger partial charge in [0.1, 0.15) is 5.82 Å². The minimum Gasteiger partial charge on any atom is -0.357 e. The van der Waals surface area contributed by atoms with Crippen LogP contribution in [0.15, 0.2) is 30.6 Å². The number of likely N-dealkylation sites (tertiary alicyclic amines) is 1. The molecule has 35 heavy (non-hydrogen) atoms. The van der Waals surface area contributed by atoms with Crippen LogP contribution in [0.2, 0.25) is 0 Å². The number of carbonyl (C=O) groups is 3. The Morgan fingerprint density at radius 2 is 1.77 bits per heavy atom. The van der Waals surface area contributed by atoms with Gasteiger partial charge in [0.05, 0.1) is 11.6 Å². The Morgan fingerprint density at radius 3 is 2.31 bits per heavy atom.